The lowest BCUT2D eigenvalue weighted by Crippen LogP contribution is -2.11. The van der Waals surface area contributed by atoms with Crippen LogP contribution < -0.4 is 0 Å². The lowest BCUT2D eigenvalue weighted by molar-refractivity contribution is 0.0386. The third-order valence-electron chi connectivity index (χ3n) is 5.31. The average molecular weight is 366 g/mol. The van der Waals surface area contributed by atoms with E-state index < -0.39 is 6.10 Å². The van der Waals surface area contributed by atoms with Gasteiger partial charge in [0.25, 0.3) is 0 Å². The van der Waals surface area contributed by atoms with Crippen LogP contribution >= 0.6 is 0 Å². The average Bonchev–Trinajstić information content (AvgIpc) is 3.03. The molecule has 1 heterocycles. The van der Waals surface area contributed by atoms with Crippen molar-refractivity contribution in [2.45, 2.75) is 20.0 Å². The Morgan fingerprint density at radius 2 is 1.36 bits per heavy atom. The Bertz CT molecular complexity index is 1200. The van der Waals surface area contributed by atoms with Crippen LogP contribution in [0.3, 0.4) is 0 Å². The van der Waals surface area contributed by atoms with Gasteiger partial charge in [-0.3, -0.25) is 0 Å². The Morgan fingerprint density at radius 1 is 0.786 bits per heavy atom. The largest absolute Gasteiger partial charge is 0.449 e. The number of carbonyl (C=O) groups is 1. The second-order valence-electron chi connectivity index (χ2n) is 7.06. The first-order valence-corrected chi connectivity index (χ1v) is 9.26. The summed E-state index contributed by atoms with van der Waals surface area (Å²) in [4.78, 5) is 22.0. The maximum Gasteiger partial charge on any atom is 0.339 e. The van der Waals surface area contributed by atoms with Crippen molar-refractivity contribution >= 4 is 17.0 Å². The summed E-state index contributed by atoms with van der Waals surface area (Å²) in [7, 11) is 0. The normalized spacial score (nSPS) is 12.6. The zero-order valence-electron chi connectivity index (χ0n) is 15.6. The van der Waals surface area contributed by atoms with Crippen molar-refractivity contribution in [3.8, 4) is 11.1 Å². The quantitative estimate of drug-likeness (QED) is 0.459. The molecule has 0 saturated carbocycles. The van der Waals surface area contributed by atoms with E-state index in [1.165, 1.54) is 0 Å². The molecule has 136 valence electrons. The highest BCUT2D eigenvalue weighted by Gasteiger charge is 2.31. The Hall–Kier alpha value is -3.53. The fourth-order valence-corrected chi connectivity index (χ4v) is 3.77. The minimum Gasteiger partial charge on any atom is -0.449 e. The third-order valence-corrected chi connectivity index (χ3v) is 5.31. The molecule has 0 spiro atoms. The van der Waals surface area contributed by atoms with Crippen LogP contribution in [-0.2, 0) is 4.74 Å². The van der Waals surface area contributed by atoms with Crippen molar-refractivity contribution in [1.82, 2.24) is 9.97 Å². The molecule has 4 nitrogen and oxygen atoms in total. The number of rotatable bonds is 2. The molecule has 5 rings (SSSR count). The van der Waals surface area contributed by atoms with Crippen LogP contribution in [0.25, 0.3) is 22.2 Å². The monoisotopic (exact) mass is 366 g/mol. The van der Waals surface area contributed by atoms with Crippen LogP contribution in [0.1, 0.15) is 39.0 Å². The Labute approximate surface area is 162 Å². The van der Waals surface area contributed by atoms with E-state index in [0.29, 0.717) is 11.1 Å². The molecule has 4 aromatic rings. The third kappa shape index (κ3) is 2.57. The molecular formula is C24H18N2O2. The van der Waals surface area contributed by atoms with Gasteiger partial charge in [0, 0.05) is 11.1 Å². The van der Waals surface area contributed by atoms with Crippen molar-refractivity contribution < 1.29 is 9.53 Å². The van der Waals surface area contributed by atoms with Gasteiger partial charge in [-0.15, -0.1) is 0 Å². The fraction of sp³-hybridized carbons (Fsp3) is 0.125. The molecule has 4 heteroatoms. The number of hydrogen-bond acceptors (Lipinski definition) is 4. The van der Waals surface area contributed by atoms with Crippen molar-refractivity contribution in [3.05, 3.63) is 94.8 Å². The number of fused-ring (bicyclic) bond motifs is 4. The van der Waals surface area contributed by atoms with E-state index in [9.17, 15) is 4.79 Å². The van der Waals surface area contributed by atoms with Gasteiger partial charge in [0.2, 0.25) is 0 Å². The molecule has 0 saturated heterocycles. The first-order valence-electron chi connectivity index (χ1n) is 9.26. The van der Waals surface area contributed by atoms with Crippen LogP contribution in [0.4, 0.5) is 0 Å². The number of esters is 1. The molecular weight excluding hydrogens is 348 g/mol. The van der Waals surface area contributed by atoms with Gasteiger partial charge in [0.05, 0.1) is 28.0 Å². The molecule has 0 amide bonds. The van der Waals surface area contributed by atoms with Crippen LogP contribution in [-0.4, -0.2) is 15.9 Å². The molecule has 0 radical (unpaired) electrons. The SMILES string of the molecule is Cc1nc2ccc(C(=O)OC3c4ccccc4-c4ccccc43)cc2nc1C. The van der Waals surface area contributed by atoms with Crippen molar-refractivity contribution in [1.29, 1.82) is 0 Å². The number of aromatic nitrogens is 2. The van der Waals surface area contributed by atoms with E-state index in [1.54, 1.807) is 12.1 Å². The second-order valence-corrected chi connectivity index (χ2v) is 7.06. The number of benzene rings is 3. The van der Waals surface area contributed by atoms with Gasteiger partial charge in [0.15, 0.2) is 6.10 Å². The van der Waals surface area contributed by atoms with Gasteiger partial charge in [-0.25, -0.2) is 14.8 Å². The Morgan fingerprint density at radius 3 is 2.00 bits per heavy atom. The summed E-state index contributed by atoms with van der Waals surface area (Å²) in [5.41, 5.74) is 7.97. The highest BCUT2D eigenvalue weighted by atomic mass is 16.5. The van der Waals surface area contributed by atoms with Gasteiger partial charge >= 0.3 is 5.97 Å². The smallest absolute Gasteiger partial charge is 0.339 e. The first-order chi connectivity index (χ1) is 13.6. The second kappa shape index (κ2) is 6.27. The van der Waals surface area contributed by atoms with Crippen molar-refractivity contribution in [3.63, 3.8) is 0 Å². The fourth-order valence-electron chi connectivity index (χ4n) is 3.77. The summed E-state index contributed by atoms with van der Waals surface area (Å²) in [5.74, 6) is -0.363. The van der Waals surface area contributed by atoms with Gasteiger partial charge in [-0.05, 0) is 43.2 Å². The molecule has 28 heavy (non-hydrogen) atoms. The summed E-state index contributed by atoms with van der Waals surface area (Å²) >= 11 is 0. The van der Waals surface area contributed by atoms with E-state index in [0.717, 1.165) is 39.2 Å². The first kappa shape index (κ1) is 16.6. The zero-order valence-corrected chi connectivity index (χ0v) is 15.6. The molecule has 3 aromatic carbocycles. The number of carbonyl (C=O) groups excluding carboxylic acids is 1. The van der Waals surface area contributed by atoms with Gasteiger partial charge in [0.1, 0.15) is 0 Å². The highest BCUT2D eigenvalue weighted by Crippen LogP contribution is 2.45. The molecule has 0 atom stereocenters. The van der Waals surface area contributed by atoms with Crippen molar-refractivity contribution in [2.75, 3.05) is 0 Å². The molecule has 0 aliphatic heterocycles. The molecule has 0 bridgehead atoms. The predicted molar refractivity (Wildman–Crippen MR) is 108 cm³/mol. The van der Waals surface area contributed by atoms with E-state index in [1.807, 2.05) is 56.3 Å². The van der Waals surface area contributed by atoms with E-state index >= 15 is 0 Å². The number of nitrogens with zero attached hydrogens (tertiary/aromatic N) is 2. The molecule has 1 aliphatic carbocycles. The van der Waals surface area contributed by atoms with Crippen LogP contribution in [0.2, 0.25) is 0 Å². The van der Waals surface area contributed by atoms with Gasteiger partial charge < -0.3 is 4.74 Å². The highest BCUT2D eigenvalue weighted by molar-refractivity contribution is 5.94. The lowest BCUT2D eigenvalue weighted by atomic mass is 10.1. The maximum absolute atomic E-state index is 12.9. The Balaban J connectivity index is 1.52. The minimum absolute atomic E-state index is 0.363. The molecule has 0 fully saturated rings. The molecule has 0 N–H and O–H groups in total. The lowest BCUT2D eigenvalue weighted by Gasteiger charge is -2.15. The summed E-state index contributed by atoms with van der Waals surface area (Å²) in [6.45, 7) is 3.85. The summed E-state index contributed by atoms with van der Waals surface area (Å²) in [6.07, 6.45) is -0.401. The van der Waals surface area contributed by atoms with Gasteiger partial charge in [-0.1, -0.05) is 48.5 Å². The van der Waals surface area contributed by atoms with Crippen LogP contribution in [0.15, 0.2) is 66.7 Å². The molecule has 1 aromatic heterocycles. The maximum atomic E-state index is 12.9. The van der Waals surface area contributed by atoms with Crippen LogP contribution in [0.5, 0.6) is 0 Å². The predicted octanol–water partition coefficient (Wildman–Crippen LogP) is 5.17. The minimum atomic E-state index is -0.401. The summed E-state index contributed by atoms with van der Waals surface area (Å²) in [6, 6.07) is 21.5. The molecule has 0 unspecified atom stereocenters. The van der Waals surface area contributed by atoms with E-state index in [4.69, 9.17) is 4.74 Å². The van der Waals surface area contributed by atoms with E-state index in [2.05, 4.69) is 22.1 Å². The topological polar surface area (TPSA) is 52.1 Å². The van der Waals surface area contributed by atoms with E-state index in [-0.39, 0.29) is 5.97 Å². The van der Waals surface area contributed by atoms with Gasteiger partial charge in [-0.2, -0.15) is 0 Å². The zero-order chi connectivity index (χ0) is 19.3. The Kier molecular flexibility index (Phi) is 3.72. The standard InChI is InChI=1S/C24H18N2O2/c1-14-15(2)26-22-13-16(11-12-21(22)25-14)24(27)28-23-19-9-5-3-7-17(19)18-8-4-6-10-20(18)23/h3-13,23H,1-2H3. The summed E-state index contributed by atoms with van der Waals surface area (Å²) < 4.78 is 5.97. The summed E-state index contributed by atoms with van der Waals surface area (Å²) in [5, 5.41) is 0. The number of ether oxygens (including phenoxy) is 1. The molecule has 1 aliphatic rings. The number of aryl methyl sites for hydroxylation is 2. The van der Waals surface area contributed by atoms with Crippen molar-refractivity contribution in [2.24, 2.45) is 0 Å². The number of hydrogen-bond donors (Lipinski definition) is 0. The van der Waals surface area contributed by atoms with Crippen LogP contribution in [0, 0.1) is 13.8 Å².